The van der Waals surface area contributed by atoms with E-state index in [4.69, 9.17) is 5.73 Å². The molecule has 0 aromatic heterocycles. The van der Waals surface area contributed by atoms with Crippen LogP contribution in [0.5, 0.6) is 0 Å². The zero-order valence-electron chi connectivity index (χ0n) is 11.6. The molecular formula is C13H29N2O+. The Morgan fingerprint density at radius 1 is 1.19 bits per heavy atom. The summed E-state index contributed by atoms with van der Waals surface area (Å²) in [5, 5.41) is 0. The molecule has 2 unspecified atom stereocenters. The van der Waals surface area contributed by atoms with E-state index in [1.165, 1.54) is 0 Å². The lowest BCUT2D eigenvalue weighted by Gasteiger charge is -2.33. The van der Waals surface area contributed by atoms with Gasteiger partial charge in [-0.05, 0) is 26.2 Å². The van der Waals surface area contributed by atoms with Crippen molar-refractivity contribution >= 4 is 5.91 Å². The molecule has 16 heavy (non-hydrogen) atoms. The Labute approximate surface area is 101 Å². The van der Waals surface area contributed by atoms with E-state index in [2.05, 4.69) is 27.9 Å². The van der Waals surface area contributed by atoms with Crippen molar-refractivity contribution in [2.24, 2.45) is 17.6 Å². The van der Waals surface area contributed by atoms with Crippen LogP contribution in [-0.4, -0.2) is 37.6 Å². The molecule has 0 spiro atoms. The molecule has 0 rings (SSSR count). The van der Waals surface area contributed by atoms with Gasteiger partial charge in [0.15, 0.2) is 0 Å². The van der Waals surface area contributed by atoms with Gasteiger partial charge in [0, 0.05) is 11.8 Å². The lowest BCUT2D eigenvalue weighted by Crippen LogP contribution is -2.43. The fourth-order valence-electron chi connectivity index (χ4n) is 2.08. The second-order valence-electron chi connectivity index (χ2n) is 5.45. The summed E-state index contributed by atoms with van der Waals surface area (Å²) in [4.78, 5) is 11.2. The molecule has 1 amide bonds. The van der Waals surface area contributed by atoms with Crippen LogP contribution in [0, 0.1) is 11.8 Å². The van der Waals surface area contributed by atoms with E-state index in [0.29, 0.717) is 5.92 Å². The molecule has 0 saturated heterocycles. The molecule has 0 aromatic rings. The minimum absolute atomic E-state index is 0.0572. The standard InChI is InChI=1S/C13H28N2O/c1-6-11(10-15(4,5)8-3)9-12(7-2)13(14)16/h11-12H,6-10H2,1-5H3,(H-,14,16)/p+1. The third-order valence-electron chi connectivity index (χ3n) is 3.70. The summed E-state index contributed by atoms with van der Waals surface area (Å²) in [5.41, 5.74) is 5.40. The van der Waals surface area contributed by atoms with Gasteiger partial charge < -0.3 is 10.2 Å². The van der Waals surface area contributed by atoms with Gasteiger partial charge in [-0.1, -0.05) is 13.8 Å². The van der Waals surface area contributed by atoms with E-state index in [1.54, 1.807) is 0 Å². The highest BCUT2D eigenvalue weighted by Gasteiger charge is 2.24. The van der Waals surface area contributed by atoms with Gasteiger partial charge in [-0.3, -0.25) is 4.79 Å². The van der Waals surface area contributed by atoms with Crippen LogP contribution in [0.4, 0.5) is 0 Å². The molecule has 2 N–H and O–H groups in total. The predicted molar refractivity (Wildman–Crippen MR) is 68.9 cm³/mol. The van der Waals surface area contributed by atoms with E-state index in [-0.39, 0.29) is 11.8 Å². The second-order valence-corrected chi connectivity index (χ2v) is 5.45. The predicted octanol–water partition coefficient (Wildman–Crippen LogP) is 2.01. The van der Waals surface area contributed by atoms with Gasteiger partial charge in [0.25, 0.3) is 0 Å². The average Bonchev–Trinajstić information content (AvgIpc) is 2.23. The molecule has 0 heterocycles. The number of hydrogen-bond acceptors (Lipinski definition) is 1. The molecule has 0 aromatic carbocycles. The minimum Gasteiger partial charge on any atom is -0.369 e. The average molecular weight is 229 g/mol. The SMILES string of the molecule is CCC(CC(CC)C(N)=O)C[N+](C)(C)CC. The van der Waals surface area contributed by atoms with Crippen molar-refractivity contribution in [1.82, 2.24) is 0 Å². The summed E-state index contributed by atoms with van der Waals surface area (Å²) in [6.45, 7) is 8.72. The van der Waals surface area contributed by atoms with Gasteiger partial charge in [0.1, 0.15) is 0 Å². The molecule has 2 atom stereocenters. The maximum absolute atomic E-state index is 11.2. The number of carbonyl (C=O) groups is 1. The van der Waals surface area contributed by atoms with Crippen LogP contribution in [0.3, 0.4) is 0 Å². The molecular weight excluding hydrogens is 200 g/mol. The molecule has 0 aliphatic heterocycles. The van der Waals surface area contributed by atoms with Crippen LogP contribution in [0.1, 0.15) is 40.0 Å². The van der Waals surface area contributed by atoms with Crippen LogP contribution in [0.25, 0.3) is 0 Å². The summed E-state index contributed by atoms with van der Waals surface area (Å²) in [5.74, 6) is 0.525. The normalized spacial score (nSPS) is 15.8. The molecule has 0 radical (unpaired) electrons. The van der Waals surface area contributed by atoms with Crippen molar-refractivity contribution in [1.29, 1.82) is 0 Å². The quantitative estimate of drug-likeness (QED) is 0.636. The highest BCUT2D eigenvalue weighted by Crippen LogP contribution is 2.20. The third kappa shape index (κ3) is 5.50. The molecule has 0 saturated carbocycles. The van der Waals surface area contributed by atoms with Crippen LogP contribution in [-0.2, 0) is 4.79 Å². The summed E-state index contributed by atoms with van der Waals surface area (Å²) < 4.78 is 1.02. The number of primary amides is 1. The third-order valence-corrected chi connectivity index (χ3v) is 3.70. The van der Waals surface area contributed by atoms with Crippen LogP contribution >= 0.6 is 0 Å². The number of nitrogens with zero attached hydrogens (tertiary/aromatic N) is 1. The number of hydrogen-bond donors (Lipinski definition) is 1. The van der Waals surface area contributed by atoms with Crippen LogP contribution in [0.15, 0.2) is 0 Å². The fraction of sp³-hybridized carbons (Fsp3) is 0.923. The molecule has 0 bridgehead atoms. The van der Waals surface area contributed by atoms with Gasteiger partial charge in [0.2, 0.25) is 5.91 Å². The first-order valence-corrected chi connectivity index (χ1v) is 6.47. The Morgan fingerprint density at radius 3 is 2.06 bits per heavy atom. The molecule has 0 fully saturated rings. The van der Waals surface area contributed by atoms with Crippen molar-refractivity contribution in [2.75, 3.05) is 27.2 Å². The number of carbonyl (C=O) groups excluding carboxylic acids is 1. The molecule has 3 heteroatoms. The van der Waals surface area contributed by atoms with Gasteiger partial charge in [0.05, 0.1) is 27.2 Å². The van der Waals surface area contributed by atoms with Gasteiger partial charge in [-0.2, -0.15) is 0 Å². The minimum atomic E-state index is -0.136. The zero-order chi connectivity index (χ0) is 12.8. The largest absolute Gasteiger partial charge is 0.369 e. The first kappa shape index (κ1) is 15.4. The second kappa shape index (κ2) is 6.89. The highest BCUT2D eigenvalue weighted by molar-refractivity contribution is 5.76. The van der Waals surface area contributed by atoms with Gasteiger partial charge >= 0.3 is 0 Å². The monoisotopic (exact) mass is 229 g/mol. The van der Waals surface area contributed by atoms with Crippen LogP contribution in [0.2, 0.25) is 0 Å². The summed E-state index contributed by atoms with van der Waals surface area (Å²) >= 11 is 0. The van der Waals surface area contributed by atoms with E-state index >= 15 is 0 Å². The van der Waals surface area contributed by atoms with Gasteiger partial charge in [-0.15, -0.1) is 0 Å². The number of rotatable bonds is 8. The fourth-order valence-corrected chi connectivity index (χ4v) is 2.08. The Hall–Kier alpha value is -0.570. The Morgan fingerprint density at radius 2 is 1.75 bits per heavy atom. The summed E-state index contributed by atoms with van der Waals surface area (Å²) in [7, 11) is 4.49. The lowest BCUT2D eigenvalue weighted by atomic mass is 9.89. The number of amides is 1. The van der Waals surface area contributed by atoms with E-state index in [1.807, 2.05) is 6.92 Å². The zero-order valence-corrected chi connectivity index (χ0v) is 11.6. The molecule has 0 aliphatic carbocycles. The first-order valence-electron chi connectivity index (χ1n) is 6.47. The van der Waals surface area contributed by atoms with Crippen molar-refractivity contribution in [3.8, 4) is 0 Å². The Kier molecular flexibility index (Phi) is 6.65. The highest BCUT2D eigenvalue weighted by atomic mass is 16.1. The van der Waals surface area contributed by atoms with Gasteiger partial charge in [-0.25, -0.2) is 0 Å². The van der Waals surface area contributed by atoms with E-state index < -0.39 is 0 Å². The van der Waals surface area contributed by atoms with Crippen molar-refractivity contribution in [2.45, 2.75) is 40.0 Å². The topological polar surface area (TPSA) is 43.1 Å². The maximum Gasteiger partial charge on any atom is 0.220 e. The van der Waals surface area contributed by atoms with Crippen molar-refractivity contribution in [3.63, 3.8) is 0 Å². The summed E-state index contributed by atoms with van der Waals surface area (Å²) in [6, 6.07) is 0. The van der Waals surface area contributed by atoms with Crippen molar-refractivity contribution in [3.05, 3.63) is 0 Å². The van der Waals surface area contributed by atoms with E-state index in [9.17, 15) is 4.79 Å². The smallest absolute Gasteiger partial charge is 0.220 e. The molecule has 96 valence electrons. The first-order chi connectivity index (χ1) is 7.36. The van der Waals surface area contributed by atoms with Crippen molar-refractivity contribution < 1.29 is 9.28 Å². The molecule has 0 aliphatic rings. The Balaban J connectivity index is 4.34. The lowest BCUT2D eigenvalue weighted by molar-refractivity contribution is -0.892. The molecule has 3 nitrogen and oxygen atoms in total. The number of nitrogens with two attached hydrogens (primary N) is 1. The summed E-state index contributed by atoms with van der Waals surface area (Å²) in [6.07, 6.45) is 2.95. The number of quaternary nitrogens is 1. The van der Waals surface area contributed by atoms with Crippen LogP contribution < -0.4 is 5.73 Å². The maximum atomic E-state index is 11.2. The Bertz CT molecular complexity index is 214. The van der Waals surface area contributed by atoms with E-state index in [0.717, 1.165) is 36.8 Å².